The molecule has 0 fully saturated rings. The van der Waals surface area contributed by atoms with Crippen molar-refractivity contribution in [2.45, 2.75) is 33.5 Å². The summed E-state index contributed by atoms with van der Waals surface area (Å²) in [5.41, 5.74) is 0.931. The number of carbonyl (C=O) groups is 1. The van der Waals surface area contributed by atoms with Gasteiger partial charge in [-0.2, -0.15) is 18.3 Å². The van der Waals surface area contributed by atoms with Gasteiger partial charge in [0.15, 0.2) is 5.65 Å². The van der Waals surface area contributed by atoms with Gasteiger partial charge in [0.1, 0.15) is 6.54 Å². The second-order valence-electron chi connectivity index (χ2n) is 6.26. The molecule has 0 aliphatic rings. The van der Waals surface area contributed by atoms with Crippen molar-refractivity contribution in [3.63, 3.8) is 0 Å². The number of pyridine rings is 1. The smallest absolute Gasteiger partial charge is 0.324 e. The lowest BCUT2D eigenvalue weighted by Gasteiger charge is -2.10. The fraction of sp³-hybridized carbons (Fsp3) is 0.278. The summed E-state index contributed by atoms with van der Waals surface area (Å²) in [6, 6.07) is 6.03. The van der Waals surface area contributed by atoms with Crippen molar-refractivity contribution in [3.8, 4) is 0 Å². The normalized spacial score (nSPS) is 11.8. The molecule has 0 spiro atoms. The number of carbonyl (C=O) groups excluding carboxylic acids is 1. The SMILES string of the molecule is Cc1cc(C(F)(F)F)c2c(C)nn(CC(=O)Nc3ccc(C)c(Cl)c3)c2n1. The molecule has 142 valence electrons. The highest BCUT2D eigenvalue weighted by molar-refractivity contribution is 6.31. The summed E-state index contributed by atoms with van der Waals surface area (Å²) in [6.45, 7) is 4.49. The maximum Gasteiger partial charge on any atom is 0.417 e. The number of aryl methyl sites for hydroxylation is 3. The predicted molar refractivity (Wildman–Crippen MR) is 96.8 cm³/mol. The third kappa shape index (κ3) is 3.90. The average Bonchev–Trinajstić information content (AvgIpc) is 2.85. The topological polar surface area (TPSA) is 59.8 Å². The number of rotatable bonds is 3. The Labute approximate surface area is 158 Å². The Morgan fingerprint density at radius 1 is 1.22 bits per heavy atom. The summed E-state index contributed by atoms with van der Waals surface area (Å²) in [6.07, 6.45) is -4.54. The van der Waals surface area contributed by atoms with Crippen LogP contribution >= 0.6 is 11.6 Å². The lowest BCUT2D eigenvalue weighted by Crippen LogP contribution is -2.20. The molecular weight excluding hydrogens is 381 g/mol. The van der Waals surface area contributed by atoms with Crippen LogP contribution in [-0.2, 0) is 17.5 Å². The van der Waals surface area contributed by atoms with Crippen LogP contribution in [0.15, 0.2) is 24.3 Å². The molecule has 0 bridgehead atoms. The first-order valence-electron chi connectivity index (χ1n) is 8.04. The van der Waals surface area contributed by atoms with Gasteiger partial charge in [-0.3, -0.25) is 4.79 Å². The number of hydrogen-bond acceptors (Lipinski definition) is 3. The zero-order chi connectivity index (χ0) is 19.9. The Bertz CT molecular complexity index is 1040. The van der Waals surface area contributed by atoms with E-state index in [1.165, 1.54) is 18.5 Å². The zero-order valence-electron chi connectivity index (χ0n) is 14.8. The van der Waals surface area contributed by atoms with Crippen LogP contribution in [0.5, 0.6) is 0 Å². The van der Waals surface area contributed by atoms with Gasteiger partial charge in [-0.05, 0) is 44.5 Å². The summed E-state index contributed by atoms with van der Waals surface area (Å²) in [4.78, 5) is 16.5. The standard InChI is InChI=1S/C18H16ClF3N4O/c1-9-4-5-12(7-14(9)19)24-15(27)8-26-17-16(11(3)25-26)13(18(20,21)22)6-10(2)23-17/h4-7H,8H2,1-3H3,(H,24,27). The molecule has 0 unspecified atom stereocenters. The van der Waals surface area contributed by atoms with Crippen molar-refractivity contribution in [1.29, 1.82) is 0 Å². The van der Waals surface area contributed by atoms with Crippen LogP contribution in [0.4, 0.5) is 18.9 Å². The van der Waals surface area contributed by atoms with Gasteiger partial charge in [0.2, 0.25) is 5.91 Å². The Morgan fingerprint density at radius 2 is 1.93 bits per heavy atom. The molecule has 0 radical (unpaired) electrons. The fourth-order valence-corrected chi connectivity index (χ4v) is 3.00. The van der Waals surface area contributed by atoms with E-state index >= 15 is 0 Å². The van der Waals surface area contributed by atoms with Crippen molar-refractivity contribution in [3.05, 3.63) is 51.8 Å². The van der Waals surface area contributed by atoms with Crippen molar-refractivity contribution in [2.24, 2.45) is 0 Å². The molecule has 0 aliphatic heterocycles. The van der Waals surface area contributed by atoms with Crippen molar-refractivity contribution in [2.75, 3.05) is 5.32 Å². The molecule has 0 aliphatic carbocycles. The van der Waals surface area contributed by atoms with Gasteiger partial charge in [0.05, 0.1) is 16.6 Å². The highest BCUT2D eigenvalue weighted by Crippen LogP contribution is 2.36. The minimum Gasteiger partial charge on any atom is -0.324 e. The molecule has 3 rings (SSSR count). The molecule has 2 aromatic heterocycles. The van der Waals surface area contributed by atoms with E-state index in [0.29, 0.717) is 10.7 Å². The van der Waals surface area contributed by atoms with Gasteiger partial charge < -0.3 is 5.32 Å². The number of fused-ring (bicyclic) bond motifs is 1. The van der Waals surface area contributed by atoms with Crippen molar-refractivity contribution >= 4 is 34.2 Å². The summed E-state index contributed by atoms with van der Waals surface area (Å²) in [5.74, 6) is -0.448. The molecule has 0 saturated carbocycles. The largest absolute Gasteiger partial charge is 0.417 e. The number of alkyl halides is 3. The number of benzene rings is 1. The number of hydrogen-bond donors (Lipinski definition) is 1. The molecular formula is C18H16ClF3N4O. The third-order valence-corrected chi connectivity index (χ3v) is 4.47. The van der Waals surface area contributed by atoms with Gasteiger partial charge in [-0.1, -0.05) is 17.7 Å². The number of nitrogens with one attached hydrogen (secondary N) is 1. The first-order valence-corrected chi connectivity index (χ1v) is 8.42. The minimum absolute atomic E-state index is 0.0249. The van der Waals surface area contributed by atoms with E-state index in [1.54, 1.807) is 18.2 Å². The molecule has 2 heterocycles. The third-order valence-electron chi connectivity index (χ3n) is 4.06. The maximum absolute atomic E-state index is 13.4. The molecule has 0 saturated heterocycles. The van der Waals surface area contributed by atoms with E-state index in [4.69, 9.17) is 11.6 Å². The van der Waals surface area contributed by atoms with E-state index in [-0.39, 0.29) is 29.0 Å². The van der Waals surface area contributed by atoms with Gasteiger partial charge in [-0.15, -0.1) is 0 Å². The van der Waals surface area contributed by atoms with Crippen molar-refractivity contribution in [1.82, 2.24) is 14.8 Å². The molecule has 9 heteroatoms. The minimum atomic E-state index is -4.54. The fourth-order valence-electron chi connectivity index (χ4n) is 2.82. The first-order chi connectivity index (χ1) is 12.6. The molecule has 1 N–H and O–H groups in total. The quantitative estimate of drug-likeness (QED) is 0.700. The zero-order valence-corrected chi connectivity index (χ0v) is 15.5. The van der Waals surface area contributed by atoms with E-state index in [1.807, 2.05) is 6.92 Å². The highest BCUT2D eigenvalue weighted by Gasteiger charge is 2.35. The molecule has 0 atom stereocenters. The Kier molecular flexibility index (Phi) is 4.86. The predicted octanol–water partition coefficient (Wildman–Crippen LogP) is 4.67. The highest BCUT2D eigenvalue weighted by atomic mass is 35.5. The molecule has 1 amide bonds. The van der Waals surface area contributed by atoms with Crippen LogP contribution < -0.4 is 5.32 Å². The van der Waals surface area contributed by atoms with Crippen LogP contribution in [0.2, 0.25) is 5.02 Å². The molecule has 3 aromatic rings. The lowest BCUT2D eigenvalue weighted by atomic mass is 10.1. The van der Waals surface area contributed by atoms with Gasteiger partial charge in [-0.25, -0.2) is 9.67 Å². The Morgan fingerprint density at radius 3 is 2.56 bits per heavy atom. The molecule has 5 nitrogen and oxygen atoms in total. The maximum atomic E-state index is 13.4. The Hall–Kier alpha value is -2.61. The summed E-state index contributed by atoms with van der Waals surface area (Å²) >= 11 is 6.03. The van der Waals surface area contributed by atoms with Crippen molar-refractivity contribution < 1.29 is 18.0 Å². The van der Waals surface area contributed by atoms with Gasteiger partial charge >= 0.3 is 6.18 Å². The van der Waals surface area contributed by atoms with E-state index in [2.05, 4.69) is 15.4 Å². The number of aromatic nitrogens is 3. The number of nitrogens with zero attached hydrogens (tertiary/aromatic N) is 3. The molecule has 27 heavy (non-hydrogen) atoms. The lowest BCUT2D eigenvalue weighted by molar-refractivity contribution is -0.136. The van der Waals surface area contributed by atoms with Crippen LogP contribution in [0.25, 0.3) is 11.0 Å². The molecule has 1 aromatic carbocycles. The van der Waals surface area contributed by atoms with Crippen LogP contribution in [0, 0.1) is 20.8 Å². The average molecular weight is 397 g/mol. The van der Waals surface area contributed by atoms with Gasteiger partial charge in [0, 0.05) is 16.4 Å². The van der Waals surface area contributed by atoms with Crippen LogP contribution in [0.1, 0.15) is 22.5 Å². The van der Waals surface area contributed by atoms with Crippen LogP contribution in [0.3, 0.4) is 0 Å². The van der Waals surface area contributed by atoms with Crippen LogP contribution in [-0.4, -0.2) is 20.7 Å². The summed E-state index contributed by atoms with van der Waals surface area (Å²) in [5, 5.41) is 7.15. The van der Waals surface area contributed by atoms with E-state index < -0.39 is 17.6 Å². The van der Waals surface area contributed by atoms with Gasteiger partial charge in [0.25, 0.3) is 0 Å². The first kappa shape index (κ1) is 19.2. The second kappa shape index (κ2) is 6.84. The van der Waals surface area contributed by atoms with E-state index in [9.17, 15) is 18.0 Å². The number of anilines is 1. The number of amides is 1. The summed E-state index contributed by atoms with van der Waals surface area (Å²) < 4.78 is 41.2. The summed E-state index contributed by atoms with van der Waals surface area (Å²) in [7, 11) is 0. The monoisotopic (exact) mass is 396 g/mol. The second-order valence-corrected chi connectivity index (χ2v) is 6.67. The number of halogens is 4. The Balaban J connectivity index is 1.94. The van der Waals surface area contributed by atoms with E-state index in [0.717, 1.165) is 11.6 Å².